The second kappa shape index (κ2) is 8.43. The number of hydroxylamine groups is 2. The SMILES string of the molecule is CCCCCOc1ccc(NC(=O)N(C)OC)cc1C. The van der Waals surface area contributed by atoms with Gasteiger partial charge in [0.05, 0.1) is 13.7 Å². The fourth-order valence-corrected chi connectivity index (χ4v) is 1.71. The number of rotatable bonds is 7. The van der Waals surface area contributed by atoms with E-state index in [1.807, 2.05) is 25.1 Å². The second-order valence-corrected chi connectivity index (χ2v) is 4.65. The van der Waals surface area contributed by atoms with E-state index >= 15 is 0 Å². The summed E-state index contributed by atoms with van der Waals surface area (Å²) < 4.78 is 5.72. The number of benzene rings is 1. The highest BCUT2D eigenvalue weighted by molar-refractivity contribution is 5.88. The lowest BCUT2D eigenvalue weighted by atomic mass is 10.2. The zero-order valence-corrected chi connectivity index (χ0v) is 12.7. The summed E-state index contributed by atoms with van der Waals surface area (Å²) in [5.74, 6) is 0.860. The summed E-state index contributed by atoms with van der Waals surface area (Å²) in [5, 5.41) is 3.87. The minimum absolute atomic E-state index is 0.316. The average Bonchev–Trinajstić information content (AvgIpc) is 2.44. The summed E-state index contributed by atoms with van der Waals surface area (Å²) in [4.78, 5) is 16.5. The molecule has 0 aliphatic rings. The highest BCUT2D eigenvalue weighted by Gasteiger charge is 2.08. The van der Waals surface area contributed by atoms with Crippen LogP contribution in [0.1, 0.15) is 31.7 Å². The van der Waals surface area contributed by atoms with Gasteiger partial charge in [0.2, 0.25) is 0 Å². The van der Waals surface area contributed by atoms with E-state index in [4.69, 9.17) is 9.57 Å². The van der Waals surface area contributed by atoms with E-state index in [1.165, 1.54) is 20.0 Å². The average molecular weight is 280 g/mol. The topological polar surface area (TPSA) is 50.8 Å². The number of hydrogen-bond acceptors (Lipinski definition) is 3. The van der Waals surface area contributed by atoms with Crippen LogP contribution in [0.3, 0.4) is 0 Å². The number of amides is 2. The Morgan fingerprint density at radius 1 is 1.35 bits per heavy atom. The van der Waals surface area contributed by atoms with Gasteiger partial charge in [-0.1, -0.05) is 19.8 Å². The molecule has 0 saturated heterocycles. The number of carbonyl (C=O) groups is 1. The molecule has 0 aliphatic heterocycles. The molecule has 2 amide bonds. The Hall–Kier alpha value is -1.75. The van der Waals surface area contributed by atoms with Crippen molar-refractivity contribution in [3.8, 4) is 5.75 Å². The third-order valence-corrected chi connectivity index (χ3v) is 2.99. The fraction of sp³-hybridized carbons (Fsp3) is 0.533. The summed E-state index contributed by atoms with van der Waals surface area (Å²) in [6.07, 6.45) is 3.42. The molecule has 0 aromatic heterocycles. The smallest absolute Gasteiger partial charge is 0.345 e. The van der Waals surface area contributed by atoms with Crippen LogP contribution in [0, 0.1) is 6.92 Å². The lowest BCUT2D eigenvalue weighted by Crippen LogP contribution is -2.30. The zero-order valence-electron chi connectivity index (χ0n) is 12.7. The van der Waals surface area contributed by atoms with E-state index in [0.29, 0.717) is 0 Å². The third kappa shape index (κ3) is 5.09. The van der Waals surface area contributed by atoms with Crippen molar-refractivity contribution in [2.75, 3.05) is 26.1 Å². The molecule has 0 bridgehead atoms. The van der Waals surface area contributed by atoms with Gasteiger partial charge in [0.25, 0.3) is 0 Å². The maximum atomic E-state index is 11.6. The molecule has 1 aromatic rings. The molecule has 1 aromatic carbocycles. The minimum atomic E-state index is -0.316. The van der Waals surface area contributed by atoms with Crippen molar-refractivity contribution in [3.63, 3.8) is 0 Å². The van der Waals surface area contributed by atoms with Gasteiger partial charge in [-0.25, -0.2) is 9.86 Å². The Morgan fingerprint density at radius 3 is 2.70 bits per heavy atom. The maximum absolute atomic E-state index is 11.6. The fourth-order valence-electron chi connectivity index (χ4n) is 1.71. The first kappa shape index (κ1) is 16.3. The predicted molar refractivity (Wildman–Crippen MR) is 80.0 cm³/mol. The van der Waals surface area contributed by atoms with E-state index in [-0.39, 0.29) is 6.03 Å². The number of ether oxygens (including phenoxy) is 1. The molecule has 0 heterocycles. The lowest BCUT2D eigenvalue weighted by Gasteiger charge is -2.15. The van der Waals surface area contributed by atoms with Crippen LogP contribution in [0.5, 0.6) is 5.75 Å². The molecule has 5 heteroatoms. The molecule has 5 nitrogen and oxygen atoms in total. The largest absolute Gasteiger partial charge is 0.493 e. The maximum Gasteiger partial charge on any atom is 0.345 e. The van der Waals surface area contributed by atoms with E-state index in [0.717, 1.165) is 35.1 Å². The van der Waals surface area contributed by atoms with Crippen LogP contribution in [0.4, 0.5) is 10.5 Å². The molecular weight excluding hydrogens is 256 g/mol. The zero-order chi connectivity index (χ0) is 15.0. The summed E-state index contributed by atoms with van der Waals surface area (Å²) in [7, 11) is 2.99. The van der Waals surface area contributed by atoms with Crippen molar-refractivity contribution < 1.29 is 14.4 Å². The first-order valence-electron chi connectivity index (χ1n) is 6.90. The van der Waals surface area contributed by atoms with Crippen molar-refractivity contribution >= 4 is 11.7 Å². The molecule has 0 radical (unpaired) electrons. The van der Waals surface area contributed by atoms with Crippen LogP contribution in [0.15, 0.2) is 18.2 Å². The van der Waals surface area contributed by atoms with Crippen LogP contribution in [-0.4, -0.2) is 31.9 Å². The Kier molecular flexibility index (Phi) is 6.87. The second-order valence-electron chi connectivity index (χ2n) is 4.65. The van der Waals surface area contributed by atoms with Crippen molar-refractivity contribution in [1.29, 1.82) is 0 Å². The van der Waals surface area contributed by atoms with E-state index < -0.39 is 0 Å². The van der Waals surface area contributed by atoms with Gasteiger partial charge in [-0.05, 0) is 37.1 Å². The van der Waals surface area contributed by atoms with Gasteiger partial charge in [-0.3, -0.25) is 4.84 Å². The Balaban J connectivity index is 2.56. The quantitative estimate of drug-likeness (QED) is 0.613. The number of nitrogens with one attached hydrogen (secondary N) is 1. The molecule has 0 atom stereocenters. The minimum Gasteiger partial charge on any atom is -0.493 e. The predicted octanol–water partition coefficient (Wildman–Crippen LogP) is 3.59. The molecule has 1 N–H and O–H groups in total. The molecule has 112 valence electrons. The Morgan fingerprint density at radius 2 is 2.10 bits per heavy atom. The summed E-state index contributed by atoms with van der Waals surface area (Å²) in [6, 6.07) is 5.27. The summed E-state index contributed by atoms with van der Waals surface area (Å²) in [6.45, 7) is 4.86. The van der Waals surface area contributed by atoms with Gasteiger partial charge in [-0.2, -0.15) is 0 Å². The normalized spacial score (nSPS) is 10.2. The van der Waals surface area contributed by atoms with E-state index in [2.05, 4.69) is 12.2 Å². The molecule has 0 aliphatic carbocycles. The van der Waals surface area contributed by atoms with Gasteiger partial charge in [0.15, 0.2) is 0 Å². The van der Waals surface area contributed by atoms with Crippen LogP contribution < -0.4 is 10.1 Å². The summed E-state index contributed by atoms with van der Waals surface area (Å²) >= 11 is 0. The molecular formula is C15H24N2O3. The van der Waals surface area contributed by atoms with E-state index in [9.17, 15) is 4.79 Å². The lowest BCUT2D eigenvalue weighted by molar-refractivity contribution is -0.0598. The van der Waals surface area contributed by atoms with Crippen molar-refractivity contribution in [1.82, 2.24) is 5.06 Å². The van der Waals surface area contributed by atoms with Crippen LogP contribution in [0.25, 0.3) is 0 Å². The molecule has 0 spiro atoms. The van der Waals surface area contributed by atoms with Crippen molar-refractivity contribution in [3.05, 3.63) is 23.8 Å². The van der Waals surface area contributed by atoms with Crippen LogP contribution in [-0.2, 0) is 4.84 Å². The van der Waals surface area contributed by atoms with Gasteiger partial charge in [0.1, 0.15) is 5.75 Å². The number of aryl methyl sites for hydroxylation is 1. The first-order chi connectivity index (χ1) is 9.58. The standard InChI is InChI=1S/C15H24N2O3/c1-5-6-7-10-20-14-9-8-13(11-12(14)2)16-15(18)17(3)19-4/h8-9,11H,5-7,10H2,1-4H3,(H,16,18). The van der Waals surface area contributed by atoms with Gasteiger partial charge >= 0.3 is 6.03 Å². The van der Waals surface area contributed by atoms with Crippen LogP contribution >= 0.6 is 0 Å². The van der Waals surface area contributed by atoms with Gasteiger partial charge < -0.3 is 10.1 Å². The number of anilines is 1. The van der Waals surface area contributed by atoms with Crippen molar-refractivity contribution in [2.24, 2.45) is 0 Å². The monoisotopic (exact) mass is 280 g/mol. The molecule has 20 heavy (non-hydrogen) atoms. The highest BCUT2D eigenvalue weighted by atomic mass is 16.7. The number of nitrogens with zero attached hydrogens (tertiary/aromatic N) is 1. The van der Waals surface area contributed by atoms with Gasteiger partial charge in [-0.15, -0.1) is 0 Å². The van der Waals surface area contributed by atoms with Gasteiger partial charge in [0, 0.05) is 12.7 Å². The number of hydrogen-bond donors (Lipinski definition) is 1. The third-order valence-electron chi connectivity index (χ3n) is 2.99. The van der Waals surface area contributed by atoms with E-state index in [1.54, 1.807) is 7.05 Å². The molecule has 0 unspecified atom stereocenters. The number of urea groups is 1. The Bertz CT molecular complexity index is 435. The van der Waals surface area contributed by atoms with Crippen LogP contribution in [0.2, 0.25) is 0 Å². The first-order valence-corrected chi connectivity index (χ1v) is 6.90. The van der Waals surface area contributed by atoms with Crippen molar-refractivity contribution in [2.45, 2.75) is 33.1 Å². The molecule has 1 rings (SSSR count). The summed E-state index contributed by atoms with van der Waals surface area (Å²) in [5.41, 5.74) is 1.72. The highest BCUT2D eigenvalue weighted by Crippen LogP contribution is 2.22. The Labute approximate surface area is 120 Å². The molecule has 0 fully saturated rings. The molecule has 0 saturated carbocycles. The number of carbonyl (C=O) groups excluding carboxylic acids is 1. The number of unbranched alkanes of at least 4 members (excludes halogenated alkanes) is 2.